The lowest BCUT2D eigenvalue weighted by molar-refractivity contribution is 0.102. The van der Waals surface area contributed by atoms with Crippen LogP contribution in [0.25, 0.3) is 0 Å². The quantitative estimate of drug-likeness (QED) is 0.855. The molecule has 0 saturated carbocycles. The first-order valence-electron chi connectivity index (χ1n) is 7.13. The summed E-state index contributed by atoms with van der Waals surface area (Å²) < 4.78 is 39.6. The van der Waals surface area contributed by atoms with Gasteiger partial charge in [-0.3, -0.25) is 4.79 Å². The van der Waals surface area contributed by atoms with Gasteiger partial charge in [0.15, 0.2) is 17.5 Å². The first-order chi connectivity index (χ1) is 11.0. The third kappa shape index (κ3) is 3.61. The summed E-state index contributed by atoms with van der Waals surface area (Å²) in [6, 6.07) is 4.90. The smallest absolute Gasteiger partial charge is 0.259 e. The van der Waals surface area contributed by atoms with Crippen molar-refractivity contribution < 1.29 is 18.0 Å². The van der Waals surface area contributed by atoms with E-state index in [1.165, 1.54) is 0 Å². The molecule has 1 aromatic carbocycles. The van der Waals surface area contributed by atoms with Gasteiger partial charge in [0.2, 0.25) is 0 Å². The number of hydrogen-bond acceptors (Lipinski definition) is 3. The summed E-state index contributed by atoms with van der Waals surface area (Å²) in [5.41, 5.74) is 0.297. The highest BCUT2D eigenvalue weighted by atomic mass is 19.2. The molecule has 7 heteroatoms. The van der Waals surface area contributed by atoms with Crippen molar-refractivity contribution in [2.24, 2.45) is 0 Å². The fraction of sp³-hybridized carbons (Fsp3) is 0.250. The van der Waals surface area contributed by atoms with Crippen LogP contribution in [0.5, 0.6) is 0 Å². The molecule has 23 heavy (non-hydrogen) atoms. The summed E-state index contributed by atoms with van der Waals surface area (Å²) in [5, 5.41) is 2.35. The maximum Gasteiger partial charge on any atom is 0.259 e. The lowest BCUT2D eigenvalue weighted by atomic mass is 10.2. The summed E-state index contributed by atoms with van der Waals surface area (Å²) in [4.78, 5) is 18.1. The molecule has 1 amide bonds. The van der Waals surface area contributed by atoms with Crippen molar-refractivity contribution in [3.05, 3.63) is 53.5 Å². The fourth-order valence-electron chi connectivity index (χ4n) is 2.12. The van der Waals surface area contributed by atoms with Gasteiger partial charge in [-0.1, -0.05) is 0 Å². The van der Waals surface area contributed by atoms with Crippen LogP contribution >= 0.6 is 0 Å². The van der Waals surface area contributed by atoms with Crippen molar-refractivity contribution in [3.63, 3.8) is 0 Å². The molecule has 0 fully saturated rings. The van der Waals surface area contributed by atoms with E-state index >= 15 is 0 Å². The predicted molar refractivity (Wildman–Crippen MR) is 82.1 cm³/mol. The number of nitrogens with one attached hydrogen (secondary N) is 1. The third-order valence-corrected chi connectivity index (χ3v) is 3.40. The van der Waals surface area contributed by atoms with Crippen LogP contribution in [-0.4, -0.2) is 24.0 Å². The molecule has 0 unspecified atom stereocenters. The van der Waals surface area contributed by atoms with Crippen LogP contribution in [-0.2, 0) is 0 Å². The molecule has 0 aliphatic carbocycles. The highest BCUT2D eigenvalue weighted by Crippen LogP contribution is 2.18. The summed E-state index contributed by atoms with van der Waals surface area (Å²) >= 11 is 0. The lowest BCUT2D eigenvalue weighted by Crippen LogP contribution is -2.22. The summed E-state index contributed by atoms with van der Waals surface area (Å²) in [6.45, 7) is 5.63. The highest BCUT2D eigenvalue weighted by Gasteiger charge is 2.19. The van der Waals surface area contributed by atoms with Crippen LogP contribution in [0.1, 0.15) is 24.2 Å². The number of amides is 1. The Morgan fingerprint density at radius 3 is 2.35 bits per heavy atom. The normalized spacial score (nSPS) is 10.5. The zero-order chi connectivity index (χ0) is 17.0. The fourth-order valence-corrected chi connectivity index (χ4v) is 2.12. The van der Waals surface area contributed by atoms with Gasteiger partial charge < -0.3 is 10.2 Å². The van der Waals surface area contributed by atoms with Crippen LogP contribution in [0.15, 0.2) is 30.5 Å². The minimum absolute atomic E-state index is 0.190. The molecule has 4 nitrogen and oxygen atoms in total. The Kier molecular flexibility index (Phi) is 5.20. The third-order valence-electron chi connectivity index (χ3n) is 3.40. The molecular formula is C16H16F3N3O. The molecule has 0 aliphatic rings. The minimum Gasteiger partial charge on any atom is -0.371 e. The van der Waals surface area contributed by atoms with Crippen LogP contribution in [0.2, 0.25) is 0 Å². The summed E-state index contributed by atoms with van der Waals surface area (Å²) in [7, 11) is 0. The molecule has 0 aliphatic heterocycles. The van der Waals surface area contributed by atoms with Crippen LogP contribution in [0.3, 0.4) is 0 Å². The van der Waals surface area contributed by atoms with Crippen molar-refractivity contribution in [2.45, 2.75) is 13.8 Å². The Morgan fingerprint density at radius 2 is 1.78 bits per heavy atom. The van der Waals surface area contributed by atoms with Gasteiger partial charge in [0.1, 0.15) is 5.82 Å². The van der Waals surface area contributed by atoms with Gasteiger partial charge in [-0.05, 0) is 38.1 Å². The van der Waals surface area contributed by atoms with Gasteiger partial charge in [0.05, 0.1) is 17.4 Å². The molecule has 0 radical (unpaired) electrons. The number of pyridine rings is 1. The van der Waals surface area contributed by atoms with E-state index in [4.69, 9.17) is 0 Å². The number of rotatable bonds is 5. The summed E-state index contributed by atoms with van der Waals surface area (Å²) in [6.07, 6.45) is 1.57. The van der Waals surface area contributed by atoms with Crippen LogP contribution in [0.4, 0.5) is 24.7 Å². The Balaban J connectivity index is 2.16. The first-order valence-corrected chi connectivity index (χ1v) is 7.13. The van der Waals surface area contributed by atoms with Crippen molar-refractivity contribution in [2.75, 3.05) is 23.3 Å². The molecular weight excluding hydrogens is 307 g/mol. The van der Waals surface area contributed by atoms with E-state index in [1.54, 1.807) is 18.3 Å². The molecule has 1 N–H and O–H groups in total. The topological polar surface area (TPSA) is 45.2 Å². The van der Waals surface area contributed by atoms with E-state index in [2.05, 4.69) is 15.2 Å². The second kappa shape index (κ2) is 7.13. The molecule has 0 saturated heterocycles. The first kappa shape index (κ1) is 16.8. The largest absolute Gasteiger partial charge is 0.371 e. The average molecular weight is 323 g/mol. The average Bonchev–Trinajstić information content (AvgIpc) is 2.55. The molecule has 0 spiro atoms. The molecule has 0 bridgehead atoms. The number of anilines is 2. The minimum atomic E-state index is -1.68. The number of nitrogens with zero attached hydrogens (tertiary/aromatic N) is 2. The number of halogens is 3. The molecule has 1 heterocycles. The second-order valence-corrected chi connectivity index (χ2v) is 4.75. The number of carbonyl (C=O) groups is 1. The molecule has 122 valence electrons. The lowest BCUT2D eigenvalue weighted by Gasteiger charge is -2.20. The molecule has 2 rings (SSSR count). The second-order valence-electron chi connectivity index (χ2n) is 4.75. The van der Waals surface area contributed by atoms with Crippen LogP contribution < -0.4 is 10.2 Å². The van der Waals surface area contributed by atoms with E-state index in [-0.39, 0.29) is 5.82 Å². The summed E-state index contributed by atoms with van der Waals surface area (Å²) in [5.74, 6) is -5.26. The molecule has 2 aromatic rings. The van der Waals surface area contributed by atoms with Gasteiger partial charge in [-0.25, -0.2) is 18.2 Å². The SMILES string of the molecule is CCN(CC)c1ccc(NC(=O)c2ccc(F)c(F)c2F)nc1. The Labute approximate surface area is 132 Å². The predicted octanol–water partition coefficient (Wildman–Crippen LogP) is 3.60. The van der Waals surface area contributed by atoms with E-state index in [0.717, 1.165) is 24.8 Å². The van der Waals surface area contributed by atoms with Gasteiger partial charge in [-0.2, -0.15) is 0 Å². The van der Waals surface area contributed by atoms with Crippen molar-refractivity contribution in [1.82, 2.24) is 4.98 Å². The number of benzene rings is 1. The van der Waals surface area contributed by atoms with E-state index in [9.17, 15) is 18.0 Å². The van der Waals surface area contributed by atoms with E-state index in [0.29, 0.717) is 6.07 Å². The van der Waals surface area contributed by atoms with E-state index < -0.39 is 28.9 Å². The zero-order valence-corrected chi connectivity index (χ0v) is 12.7. The van der Waals surface area contributed by atoms with Crippen molar-refractivity contribution in [3.8, 4) is 0 Å². The number of aromatic nitrogens is 1. The monoisotopic (exact) mass is 323 g/mol. The maximum absolute atomic E-state index is 13.6. The van der Waals surface area contributed by atoms with Gasteiger partial charge in [0.25, 0.3) is 5.91 Å². The maximum atomic E-state index is 13.6. The van der Waals surface area contributed by atoms with Crippen LogP contribution in [0, 0.1) is 17.5 Å². The Morgan fingerprint density at radius 1 is 1.09 bits per heavy atom. The Bertz CT molecular complexity index is 700. The zero-order valence-electron chi connectivity index (χ0n) is 12.7. The molecule has 0 atom stereocenters. The van der Waals surface area contributed by atoms with Gasteiger partial charge in [-0.15, -0.1) is 0 Å². The highest BCUT2D eigenvalue weighted by molar-refractivity contribution is 6.04. The number of carbonyl (C=O) groups excluding carboxylic acids is 1. The standard InChI is InChI=1S/C16H16F3N3O/c1-3-22(4-2)10-5-8-13(20-9-10)21-16(23)11-6-7-12(17)15(19)14(11)18/h5-9H,3-4H2,1-2H3,(H,20,21,23). The van der Waals surface area contributed by atoms with Gasteiger partial charge in [0, 0.05) is 13.1 Å². The van der Waals surface area contributed by atoms with E-state index in [1.807, 2.05) is 13.8 Å². The number of hydrogen-bond donors (Lipinski definition) is 1. The van der Waals surface area contributed by atoms with Crippen molar-refractivity contribution in [1.29, 1.82) is 0 Å². The Hall–Kier alpha value is -2.57. The van der Waals surface area contributed by atoms with Crippen molar-refractivity contribution >= 4 is 17.4 Å². The molecule has 1 aromatic heterocycles. The van der Waals surface area contributed by atoms with Gasteiger partial charge >= 0.3 is 0 Å².